The molecule has 5 atom stereocenters. The van der Waals surface area contributed by atoms with Crippen LogP contribution in [-0.2, 0) is 21.7 Å². The summed E-state index contributed by atoms with van der Waals surface area (Å²) in [5.41, 5.74) is 5.15. The quantitative estimate of drug-likeness (QED) is 0.0938. The molecule has 13 heteroatoms. The topological polar surface area (TPSA) is 176 Å². The van der Waals surface area contributed by atoms with Gasteiger partial charge in [-0.2, -0.15) is 0 Å². The number of nitrogens with zero attached hydrogens (tertiary/aromatic N) is 3. The molecule has 1 aromatic heterocycles. The highest BCUT2D eigenvalue weighted by Gasteiger charge is 2.46. The summed E-state index contributed by atoms with van der Waals surface area (Å²) in [4.78, 5) is 32.9. The normalized spacial score (nSPS) is 17.6. The Morgan fingerprint density at radius 3 is 2.39 bits per heavy atom. The molecule has 5 unspecified atom stereocenters. The van der Waals surface area contributed by atoms with Crippen molar-refractivity contribution in [2.24, 2.45) is 0 Å². The molecule has 0 bridgehead atoms. The first-order chi connectivity index (χ1) is 25.8. The molecule has 0 saturated heterocycles. The molecule has 1 heterocycles. The number of nitrogens with one attached hydrogen (secondary N) is 1. The lowest BCUT2D eigenvalue weighted by Crippen LogP contribution is -2.51. The van der Waals surface area contributed by atoms with E-state index < -0.39 is 31.0 Å². The highest BCUT2D eigenvalue weighted by Crippen LogP contribution is 2.50. The van der Waals surface area contributed by atoms with Gasteiger partial charge < -0.3 is 45.4 Å². The van der Waals surface area contributed by atoms with Crippen LogP contribution in [0.4, 0.5) is 0 Å². The highest BCUT2D eigenvalue weighted by atomic mass is 35.5. The zero-order valence-corrected chi connectivity index (χ0v) is 32.2. The number of hydrogen-bond donors (Lipinski definition) is 6. The van der Waals surface area contributed by atoms with E-state index in [-0.39, 0.29) is 55.3 Å². The number of aliphatic hydroxyl groups is 5. The van der Waals surface area contributed by atoms with Gasteiger partial charge in [-0.1, -0.05) is 48.9 Å². The highest BCUT2D eigenvalue weighted by molar-refractivity contribution is 6.31. The molecule has 2 saturated carbocycles. The van der Waals surface area contributed by atoms with Crippen molar-refractivity contribution in [1.82, 2.24) is 20.1 Å². The molecule has 2 fully saturated rings. The van der Waals surface area contributed by atoms with Crippen molar-refractivity contribution < 1.29 is 39.9 Å². The van der Waals surface area contributed by atoms with Crippen molar-refractivity contribution in [3.05, 3.63) is 82.6 Å². The average Bonchev–Trinajstić information content (AvgIpc) is 4.12. The maximum Gasteiger partial charge on any atom is 0.223 e. The zero-order chi connectivity index (χ0) is 39.0. The van der Waals surface area contributed by atoms with E-state index in [0.717, 1.165) is 59.3 Å². The van der Waals surface area contributed by atoms with Crippen LogP contribution >= 0.6 is 11.6 Å². The Balaban J connectivity index is 1.20. The smallest absolute Gasteiger partial charge is 0.223 e. The number of aromatic nitrogens is 1. The van der Waals surface area contributed by atoms with Crippen LogP contribution < -0.4 is 10.1 Å². The predicted octanol–water partition coefficient (Wildman–Crippen LogP) is 3.74. The summed E-state index contributed by atoms with van der Waals surface area (Å²) in [6.07, 6.45) is 2.63. The molecular formula is C41H55ClN4O8. The Bertz CT molecular complexity index is 1720. The van der Waals surface area contributed by atoms with Crippen molar-refractivity contribution in [2.75, 3.05) is 33.8 Å². The monoisotopic (exact) mass is 766 g/mol. The second kappa shape index (κ2) is 18.8. The second-order valence-corrected chi connectivity index (χ2v) is 15.4. The van der Waals surface area contributed by atoms with Crippen LogP contribution in [0.3, 0.4) is 0 Å². The number of halogens is 1. The van der Waals surface area contributed by atoms with Gasteiger partial charge in [0.1, 0.15) is 30.2 Å². The van der Waals surface area contributed by atoms with Gasteiger partial charge in [-0.25, -0.2) is 0 Å². The minimum absolute atomic E-state index is 0.00412. The van der Waals surface area contributed by atoms with Crippen molar-refractivity contribution in [1.29, 1.82) is 0 Å². The van der Waals surface area contributed by atoms with Crippen molar-refractivity contribution >= 4 is 23.4 Å². The number of hydrogen-bond acceptors (Lipinski definition) is 10. The van der Waals surface area contributed by atoms with Gasteiger partial charge in [0.2, 0.25) is 11.8 Å². The van der Waals surface area contributed by atoms with Crippen molar-refractivity contribution in [3.63, 3.8) is 0 Å². The molecule has 6 N–H and O–H groups in total. The van der Waals surface area contributed by atoms with Gasteiger partial charge in [-0.05, 0) is 84.9 Å². The minimum Gasteiger partial charge on any atom is -0.490 e. The lowest BCUT2D eigenvalue weighted by atomic mass is 9.93. The van der Waals surface area contributed by atoms with Crippen LogP contribution in [0.2, 0.25) is 5.02 Å². The maximum absolute atomic E-state index is 13.4. The number of para-hydroxylation sites is 1. The first-order valence-corrected chi connectivity index (χ1v) is 19.3. The van der Waals surface area contributed by atoms with Gasteiger partial charge in [-0.3, -0.25) is 14.6 Å². The Labute approximate surface area is 322 Å². The van der Waals surface area contributed by atoms with E-state index in [4.69, 9.17) is 21.4 Å². The van der Waals surface area contributed by atoms with Crippen molar-refractivity contribution in [3.8, 4) is 16.9 Å². The predicted molar refractivity (Wildman–Crippen MR) is 206 cm³/mol. The van der Waals surface area contributed by atoms with E-state index in [0.29, 0.717) is 24.4 Å². The summed E-state index contributed by atoms with van der Waals surface area (Å²) in [6.45, 7) is 1.49. The van der Waals surface area contributed by atoms with Crippen LogP contribution in [0.25, 0.3) is 11.1 Å². The van der Waals surface area contributed by atoms with Gasteiger partial charge in [-0.15, -0.1) is 0 Å². The van der Waals surface area contributed by atoms with E-state index in [1.807, 2.05) is 42.7 Å². The van der Waals surface area contributed by atoms with Crippen LogP contribution in [-0.4, -0.2) is 116 Å². The van der Waals surface area contributed by atoms with Crippen LogP contribution in [0.15, 0.2) is 60.9 Å². The molecule has 2 aliphatic rings. The summed E-state index contributed by atoms with van der Waals surface area (Å²) < 4.78 is 6.27. The number of carbonyl (C=O) groups excluding carboxylic acids is 2. The van der Waals surface area contributed by atoms with Crippen molar-refractivity contribution in [2.45, 2.75) is 107 Å². The molecule has 3 aromatic rings. The van der Waals surface area contributed by atoms with Gasteiger partial charge >= 0.3 is 0 Å². The second-order valence-electron chi connectivity index (χ2n) is 15.0. The Morgan fingerprint density at radius 2 is 1.70 bits per heavy atom. The third kappa shape index (κ3) is 10.8. The first kappa shape index (κ1) is 41.5. The molecule has 0 radical (unpaired) electrons. The average molecular weight is 767 g/mol. The Hall–Kier alpha value is -3.62. The minimum atomic E-state index is -1.82. The van der Waals surface area contributed by atoms with Gasteiger partial charge in [0, 0.05) is 75.1 Å². The summed E-state index contributed by atoms with van der Waals surface area (Å²) in [7, 11) is 3.21. The molecule has 5 rings (SSSR count). The maximum atomic E-state index is 13.4. The molecule has 54 heavy (non-hydrogen) atoms. The van der Waals surface area contributed by atoms with E-state index in [9.17, 15) is 30.0 Å². The van der Waals surface area contributed by atoms with Gasteiger partial charge in [0.05, 0.1) is 12.7 Å². The number of carbonyl (C=O) groups is 2. The molecular weight excluding hydrogens is 712 g/mol. The van der Waals surface area contributed by atoms with Crippen LogP contribution in [0.1, 0.15) is 80.9 Å². The fraction of sp³-hybridized carbons (Fsp3) is 0.537. The summed E-state index contributed by atoms with van der Waals surface area (Å²) in [6, 6.07) is 16.3. The molecule has 12 nitrogen and oxygen atoms in total. The lowest BCUT2D eigenvalue weighted by Gasteiger charge is -2.30. The number of benzene rings is 2. The number of ether oxygens (including phenoxy) is 1. The fourth-order valence-corrected chi connectivity index (χ4v) is 6.87. The Kier molecular flexibility index (Phi) is 14.5. The molecule has 294 valence electrons. The number of amides is 2. The molecule has 2 aliphatic carbocycles. The largest absolute Gasteiger partial charge is 0.490 e. The number of aliphatic hydroxyl groups excluding tert-OH is 5. The van der Waals surface area contributed by atoms with Gasteiger partial charge in [0.15, 0.2) is 0 Å². The number of pyridine rings is 1. The third-order valence-corrected chi connectivity index (χ3v) is 10.9. The van der Waals surface area contributed by atoms with E-state index in [2.05, 4.69) is 35.4 Å². The molecule has 0 spiro atoms. The van der Waals surface area contributed by atoms with E-state index in [1.165, 1.54) is 9.80 Å². The molecule has 2 aromatic carbocycles. The fourth-order valence-electron chi connectivity index (χ4n) is 6.69. The summed E-state index contributed by atoms with van der Waals surface area (Å²) in [5, 5.41) is 54.3. The lowest BCUT2D eigenvalue weighted by molar-refractivity contribution is -0.141. The first-order valence-electron chi connectivity index (χ1n) is 18.9. The SMILES string of the molecule is CC(CCCC(=O)N(CCC(=O)N(C)C)CC(O)C(O)C(O)C(O)CO)c1ccc(Cl)c(CNC2(c3cnccc3-c3ccccc3OC3CC3)CC2)c1. The van der Waals surface area contributed by atoms with Crippen LogP contribution in [0.5, 0.6) is 5.75 Å². The molecule has 0 aliphatic heterocycles. The standard InChI is InChI=1S/C41H55ClN4O8/c1-26(7-6-10-38(51)46(20-16-37(50)45(2)3)24-34(48)39(52)40(53)35(49)25-47)27-11-14-33(42)28(21-27)22-44-41(17-18-41)32-23-43-19-15-30(32)31-8-4-5-9-36(31)54-29-12-13-29/h4-5,8-9,11,14-15,19,21,23,26,29,34-35,39-40,44,47-49,52-53H,6-7,10,12-13,16-18,20,22,24-25H2,1-3H3. The van der Waals surface area contributed by atoms with Crippen LogP contribution in [0, 0.1) is 0 Å². The summed E-state index contributed by atoms with van der Waals surface area (Å²) >= 11 is 6.73. The van der Waals surface area contributed by atoms with Gasteiger partial charge in [0.25, 0.3) is 0 Å². The zero-order valence-electron chi connectivity index (χ0n) is 31.4. The number of rotatable bonds is 21. The summed E-state index contributed by atoms with van der Waals surface area (Å²) in [5.74, 6) is 0.470. The Morgan fingerprint density at radius 1 is 0.981 bits per heavy atom. The van der Waals surface area contributed by atoms with E-state index >= 15 is 0 Å². The van der Waals surface area contributed by atoms with E-state index in [1.54, 1.807) is 14.1 Å². The third-order valence-electron chi connectivity index (χ3n) is 10.5. The molecule has 2 amide bonds.